The van der Waals surface area contributed by atoms with Crippen molar-refractivity contribution in [3.63, 3.8) is 0 Å². The van der Waals surface area contributed by atoms with Crippen LogP contribution in [0.25, 0.3) is 10.9 Å². The summed E-state index contributed by atoms with van der Waals surface area (Å²) < 4.78 is 13.3. The highest BCUT2D eigenvalue weighted by atomic mass is 19.1. The van der Waals surface area contributed by atoms with Gasteiger partial charge in [0.25, 0.3) is 5.95 Å². The molecule has 0 aliphatic heterocycles. The molecule has 7 heteroatoms. The number of aromatic nitrogens is 3. The van der Waals surface area contributed by atoms with Gasteiger partial charge in [-0.1, -0.05) is 0 Å². The molecule has 0 spiro atoms. The van der Waals surface area contributed by atoms with Crippen molar-refractivity contribution in [3.8, 4) is 5.88 Å². The Morgan fingerprint density at radius 2 is 1.81 bits per heavy atom. The van der Waals surface area contributed by atoms with Gasteiger partial charge in [0.05, 0.1) is 5.52 Å². The third kappa shape index (κ3) is 2.58. The fraction of sp³-hybridized carbons (Fsp3) is 0.143. The van der Waals surface area contributed by atoms with E-state index in [1.54, 1.807) is 0 Å². The minimum Gasteiger partial charge on any atom is -0.493 e. The molecule has 0 unspecified atom stereocenters. The standard InChI is InChI=1S/C14H12FN5O/c1-7-5-8(2)17-14(16-7)20-19-12-10-6-9(15)3-4-11(10)18-13(12)21/h3-6,18,21H,1-2H3. The van der Waals surface area contributed by atoms with E-state index in [-0.39, 0.29) is 17.5 Å². The average molecular weight is 285 g/mol. The third-order valence-electron chi connectivity index (χ3n) is 2.92. The van der Waals surface area contributed by atoms with Crippen LogP contribution in [0.1, 0.15) is 11.4 Å². The Morgan fingerprint density at radius 1 is 1.10 bits per heavy atom. The molecule has 106 valence electrons. The van der Waals surface area contributed by atoms with Crippen molar-refractivity contribution < 1.29 is 9.50 Å². The lowest BCUT2D eigenvalue weighted by Gasteiger charge is -1.96. The van der Waals surface area contributed by atoms with Crippen molar-refractivity contribution in [3.05, 3.63) is 41.5 Å². The number of H-pyrrole nitrogens is 1. The molecule has 0 bridgehead atoms. The predicted molar refractivity (Wildman–Crippen MR) is 75.6 cm³/mol. The van der Waals surface area contributed by atoms with E-state index in [1.807, 2.05) is 19.9 Å². The first-order valence-electron chi connectivity index (χ1n) is 6.27. The SMILES string of the molecule is Cc1cc(C)nc(N=Nc2c(O)[nH]c3ccc(F)cc23)n1. The molecule has 1 aromatic carbocycles. The van der Waals surface area contributed by atoms with E-state index >= 15 is 0 Å². The maximum absolute atomic E-state index is 13.3. The van der Waals surface area contributed by atoms with Gasteiger partial charge in [-0.25, -0.2) is 14.4 Å². The summed E-state index contributed by atoms with van der Waals surface area (Å²) in [7, 11) is 0. The molecule has 3 rings (SSSR count). The largest absolute Gasteiger partial charge is 0.493 e. The second-order valence-corrected chi connectivity index (χ2v) is 4.66. The van der Waals surface area contributed by atoms with Gasteiger partial charge in [0, 0.05) is 16.8 Å². The van der Waals surface area contributed by atoms with E-state index in [9.17, 15) is 9.50 Å². The molecule has 0 radical (unpaired) electrons. The van der Waals surface area contributed by atoms with Gasteiger partial charge in [-0.05, 0) is 38.1 Å². The molecule has 0 aliphatic rings. The van der Waals surface area contributed by atoms with E-state index in [1.165, 1.54) is 18.2 Å². The molecule has 6 nitrogen and oxygen atoms in total. The number of aromatic amines is 1. The number of aromatic hydroxyl groups is 1. The number of aryl methyl sites for hydroxylation is 2. The Morgan fingerprint density at radius 3 is 2.52 bits per heavy atom. The lowest BCUT2D eigenvalue weighted by Crippen LogP contribution is -1.87. The lowest BCUT2D eigenvalue weighted by molar-refractivity contribution is 0.459. The first-order valence-corrected chi connectivity index (χ1v) is 6.27. The van der Waals surface area contributed by atoms with E-state index in [0.29, 0.717) is 10.9 Å². The van der Waals surface area contributed by atoms with Crippen LogP contribution >= 0.6 is 0 Å². The maximum atomic E-state index is 13.3. The number of azo groups is 1. The fourth-order valence-corrected chi connectivity index (χ4v) is 2.08. The topological polar surface area (TPSA) is 86.5 Å². The molecule has 0 saturated heterocycles. The Hall–Kier alpha value is -2.83. The van der Waals surface area contributed by atoms with Crippen LogP contribution in [0, 0.1) is 19.7 Å². The average Bonchev–Trinajstić information content (AvgIpc) is 2.70. The fourth-order valence-electron chi connectivity index (χ4n) is 2.08. The summed E-state index contributed by atoms with van der Waals surface area (Å²) in [6.45, 7) is 3.65. The van der Waals surface area contributed by atoms with Crippen LogP contribution in [-0.2, 0) is 0 Å². The van der Waals surface area contributed by atoms with E-state index < -0.39 is 5.82 Å². The number of hydrogen-bond donors (Lipinski definition) is 2. The van der Waals surface area contributed by atoms with Crippen LogP contribution in [0.4, 0.5) is 16.0 Å². The molecule has 0 aliphatic carbocycles. The summed E-state index contributed by atoms with van der Waals surface area (Å²) >= 11 is 0. The van der Waals surface area contributed by atoms with E-state index in [0.717, 1.165) is 11.4 Å². The Balaban J connectivity index is 2.06. The van der Waals surface area contributed by atoms with Gasteiger partial charge in [0.1, 0.15) is 5.82 Å². The minimum absolute atomic E-state index is 0.159. The van der Waals surface area contributed by atoms with Crippen molar-refractivity contribution >= 4 is 22.5 Å². The molecule has 0 saturated carbocycles. The lowest BCUT2D eigenvalue weighted by atomic mass is 10.2. The number of nitrogens with one attached hydrogen (secondary N) is 1. The summed E-state index contributed by atoms with van der Waals surface area (Å²) in [6.07, 6.45) is 0. The smallest absolute Gasteiger partial charge is 0.269 e. The van der Waals surface area contributed by atoms with Gasteiger partial charge in [-0.2, -0.15) is 0 Å². The van der Waals surface area contributed by atoms with Gasteiger partial charge in [0.15, 0.2) is 5.69 Å². The molecular formula is C14H12FN5O. The first-order chi connectivity index (χ1) is 10.0. The third-order valence-corrected chi connectivity index (χ3v) is 2.92. The van der Waals surface area contributed by atoms with Gasteiger partial charge in [0.2, 0.25) is 5.88 Å². The summed E-state index contributed by atoms with van der Waals surface area (Å²) in [5.74, 6) is -0.401. The molecule has 3 aromatic rings. The highest BCUT2D eigenvalue weighted by Crippen LogP contribution is 2.36. The summed E-state index contributed by atoms with van der Waals surface area (Å²) in [5, 5.41) is 18.1. The summed E-state index contributed by atoms with van der Waals surface area (Å²) in [5.41, 5.74) is 2.27. The van der Waals surface area contributed by atoms with Crippen molar-refractivity contribution in [1.82, 2.24) is 15.0 Å². The van der Waals surface area contributed by atoms with Gasteiger partial charge >= 0.3 is 0 Å². The second kappa shape index (κ2) is 4.93. The quantitative estimate of drug-likeness (QED) is 0.701. The second-order valence-electron chi connectivity index (χ2n) is 4.66. The van der Waals surface area contributed by atoms with E-state index in [2.05, 4.69) is 25.2 Å². The van der Waals surface area contributed by atoms with E-state index in [4.69, 9.17) is 0 Å². The molecule has 0 atom stereocenters. The predicted octanol–water partition coefficient (Wildman–Crippen LogP) is 3.83. The number of benzene rings is 1. The zero-order valence-corrected chi connectivity index (χ0v) is 11.4. The highest BCUT2D eigenvalue weighted by Gasteiger charge is 2.11. The zero-order chi connectivity index (χ0) is 15.0. The number of halogens is 1. The summed E-state index contributed by atoms with van der Waals surface area (Å²) in [6, 6.07) is 5.92. The van der Waals surface area contributed by atoms with Crippen LogP contribution in [0.15, 0.2) is 34.5 Å². The molecule has 0 fully saturated rings. The maximum Gasteiger partial charge on any atom is 0.269 e. The zero-order valence-electron chi connectivity index (χ0n) is 11.4. The van der Waals surface area contributed by atoms with Crippen molar-refractivity contribution in [2.45, 2.75) is 13.8 Å². The van der Waals surface area contributed by atoms with Crippen LogP contribution in [0.3, 0.4) is 0 Å². The molecule has 0 amide bonds. The van der Waals surface area contributed by atoms with Crippen LogP contribution < -0.4 is 0 Å². The van der Waals surface area contributed by atoms with Crippen molar-refractivity contribution in [1.29, 1.82) is 0 Å². The first kappa shape index (κ1) is 13.2. The summed E-state index contributed by atoms with van der Waals surface area (Å²) in [4.78, 5) is 11.0. The van der Waals surface area contributed by atoms with Gasteiger partial charge in [-0.15, -0.1) is 10.2 Å². The normalized spacial score (nSPS) is 11.6. The van der Waals surface area contributed by atoms with Gasteiger partial charge < -0.3 is 10.1 Å². The molecule has 2 heterocycles. The molecule has 2 N–H and O–H groups in total. The number of hydrogen-bond acceptors (Lipinski definition) is 5. The highest BCUT2D eigenvalue weighted by molar-refractivity contribution is 5.94. The molecule has 21 heavy (non-hydrogen) atoms. The van der Waals surface area contributed by atoms with Crippen LogP contribution in [0.5, 0.6) is 5.88 Å². The van der Waals surface area contributed by atoms with Crippen molar-refractivity contribution in [2.24, 2.45) is 10.2 Å². The number of rotatable bonds is 2. The molecule has 2 aromatic heterocycles. The van der Waals surface area contributed by atoms with Gasteiger partial charge in [-0.3, -0.25) is 0 Å². The molecular weight excluding hydrogens is 273 g/mol. The number of nitrogens with zero attached hydrogens (tertiary/aromatic N) is 4. The van der Waals surface area contributed by atoms with Crippen LogP contribution in [-0.4, -0.2) is 20.1 Å². The Bertz CT molecular complexity index is 836. The monoisotopic (exact) mass is 285 g/mol. The van der Waals surface area contributed by atoms with Crippen LogP contribution in [0.2, 0.25) is 0 Å². The minimum atomic E-state index is -0.416. The number of fused-ring (bicyclic) bond motifs is 1. The Kier molecular flexibility index (Phi) is 3.09. The van der Waals surface area contributed by atoms with Crippen molar-refractivity contribution in [2.75, 3.05) is 0 Å². The Labute approximate surface area is 119 Å².